The van der Waals surface area contributed by atoms with Crippen molar-refractivity contribution in [3.63, 3.8) is 0 Å². The second kappa shape index (κ2) is 4.57. The third-order valence-corrected chi connectivity index (χ3v) is 2.63. The van der Waals surface area contributed by atoms with Gasteiger partial charge >= 0.3 is 0 Å². The lowest BCUT2D eigenvalue weighted by atomic mass is 10.5. The van der Waals surface area contributed by atoms with E-state index < -0.39 is 0 Å². The van der Waals surface area contributed by atoms with Crippen LogP contribution in [0.2, 0.25) is 0 Å². The van der Waals surface area contributed by atoms with E-state index in [4.69, 9.17) is 19.0 Å². The van der Waals surface area contributed by atoms with Crippen molar-refractivity contribution in [2.75, 3.05) is 0 Å². The first-order valence-electron chi connectivity index (χ1n) is 4.39. The highest BCUT2D eigenvalue weighted by Gasteiger charge is 2.07. The Bertz CT molecular complexity index is 392. The van der Waals surface area contributed by atoms with E-state index in [1.807, 2.05) is 0 Å². The molecule has 0 amide bonds. The second-order valence-corrected chi connectivity index (χ2v) is 3.87. The van der Waals surface area contributed by atoms with E-state index in [0.29, 0.717) is 21.7 Å². The predicted octanol–water partition coefficient (Wildman–Crippen LogP) is 2.01. The van der Waals surface area contributed by atoms with E-state index in [2.05, 4.69) is 0 Å². The minimum Gasteiger partial charge on any atom is -0.452 e. The minimum atomic E-state index is -0.111. The molecule has 0 aliphatic rings. The molecule has 80 valence electrons. The van der Waals surface area contributed by atoms with E-state index >= 15 is 0 Å². The Morgan fingerprint density at radius 1 is 0.867 bits per heavy atom. The van der Waals surface area contributed by atoms with Gasteiger partial charge in [-0.3, -0.25) is 0 Å². The fourth-order valence-electron chi connectivity index (χ4n) is 1.10. The molecule has 2 aromatic heterocycles. The fraction of sp³-hybridized carbons (Fsp3) is 0.200. The van der Waals surface area contributed by atoms with Gasteiger partial charge in [-0.2, -0.15) is 0 Å². The molecule has 0 aliphatic carbocycles. The Morgan fingerprint density at radius 3 is 1.67 bits per heavy atom. The molecular formula is C10H10O4S. The molecule has 0 saturated heterocycles. The summed E-state index contributed by atoms with van der Waals surface area (Å²) >= 11 is 1.30. The molecule has 0 unspecified atom stereocenters. The molecule has 0 bridgehead atoms. The van der Waals surface area contributed by atoms with Gasteiger partial charge in [0.05, 0.1) is 0 Å². The van der Waals surface area contributed by atoms with Crippen molar-refractivity contribution in [1.29, 1.82) is 0 Å². The van der Waals surface area contributed by atoms with Crippen LogP contribution >= 0.6 is 11.8 Å². The Kier molecular flexibility index (Phi) is 3.15. The van der Waals surface area contributed by atoms with Crippen LogP contribution in [0.4, 0.5) is 0 Å². The van der Waals surface area contributed by atoms with Crippen LogP contribution in [0, 0.1) is 0 Å². The molecule has 2 aromatic rings. The average Bonchev–Trinajstić information content (AvgIpc) is 2.87. The van der Waals surface area contributed by atoms with Crippen LogP contribution in [0.3, 0.4) is 0 Å². The third-order valence-electron chi connectivity index (χ3n) is 1.79. The number of hydrogen-bond donors (Lipinski definition) is 2. The van der Waals surface area contributed by atoms with Crippen LogP contribution in [-0.2, 0) is 13.2 Å². The number of furan rings is 2. The van der Waals surface area contributed by atoms with Crippen molar-refractivity contribution in [2.24, 2.45) is 0 Å². The standard InChI is InChI=1S/C10H10O4S/c11-5-7-1-3-9(13-7)15-10-4-2-8(6-12)14-10/h1-4,11-12H,5-6H2. The van der Waals surface area contributed by atoms with Crippen molar-refractivity contribution < 1.29 is 19.0 Å². The Labute approximate surface area is 90.5 Å². The summed E-state index contributed by atoms with van der Waals surface area (Å²) in [5.74, 6) is 1.04. The summed E-state index contributed by atoms with van der Waals surface area (Å²) in [7, 11) is 0. The molecule has 2 heterocycles. The second-order valence-electron chi connectivity index (χ2n) is 2.86. The molecule has 0 atom stereocenters. The molecule has 0 aliphatic heterocycles. The molecule has 5 heteroatoms. The van der Waals surface area contributed by atoms with Crippen molar-refractivity contribution in [1.82, 2.24) is 0 Å². The van der Waals surface area contributed by atoms with Gasteiger partial charge in [0.15, 0.2) is 10.2 Å². The van der Waals surface area contributed by atoms with Crippen LogP contribution < -0.4 is 0 Å². The predicted molar refractivity (Wildman–Crippen MR) is 53.4 cm³/mol. The van der Waals surface area contributed by atoms with Gasteiger partial charge in [-0.05, 0) is 36.0 Å². The van der Waals surface area contributed by atoms with Crippen molar-refractivity contribution in [3.8, 4) is 0 Å². The summed E-state index contributed by atoms with van der Waals surface area (Å²) in [6, 6.07) is 6.94. The first kappa shape index (κ1) is 10.4. The van der Waals surface area contributed by atoms with Gasteiger partial charge < -0.3 is 19.0 Å². The van der Waals surface area contributed by atoms with Crippen molar-refractivity contribution >= 4 is 11.8 Å². The van der Waals surface area contributed by atoms with Crippen LogP contribution in [0.5, 0.6) is 0 Å². The lowest BCUT2D eigenvalue weighted by Crippen LogP contribution is -1.74. The van der Waals surface area contributed by atoms with Crippen LogP contribution in [0.1, 0.15) is 11.5 Å². The van der Waals surface area contributed by atoms with Crippen LogP contribution in [0.25, 0.3) is 0 Å². The zero-order valence-corrected chi connectivity index (χ0v) is 8.66. The smallest absolute Gasteiger partial charge is 0.168 e. The Morgan fingerprint density at radius 2 is 1.33 bits per heavy atom. The first-order chi connectivity index (χ1) is 7.31. The van der Waals surface area contributed by atoms with E-state index in [9.17, 15) is 0 Å². The SMILES string of the molecule is OCc1ccc(Sc2ccc(CO)o2)o1. The van der Waals surface area contributed by atoms with E-state index in [-0.39, 0.29) is 13.2 Å². The van der Waals surface area contributed by atoms with E-state index in [0.717, 1.165) is 0 Å². The topological polar surface area (TPSA) is 66.7 Å². The maximum absolute atomic E-state index is 8.80. The first-order valence-corrected chi connectivity index (χ1v) is 5.20. The monoisotopic (exact) mass is 226 g/mol. The molecule has 2 N–H and O–H groups in total. The maximum atomic E-state index is 8.80. The van der Waals surface area contributed by atoms with Gasteiger partial charge in [0, 0.05) is 0 Å². The van der Waals surface area contributed by atoms with Gasteiger partial charge in [0.25, 0.3) is 0 Å². The molecule has 0 saturated carbocycles. The zero-order valence-electron chi connectivity index (χ0n) is 7.84. The summed E-state index contributed by atoms with van der Waals surface area (Å²) < 4.78 is 10.5. The Hall–Kier alpha value is -1.17. The average molecular weight is 226 g/mol. The number of aliphatic hydroxyl groups excluding tert-OH is 2. The summed E-state index contributed by atoms with van der Waals surface area (Å²) in [5, 5.41) is 18.9. The van der Waals surface area contributed by atoms with E-state index in [1.165, 1.54) is 11.8 Å². The van der Waals surface area contributed by atoms with Gasteiger partial charge in [-0.15, -0.1) is 0 Å². The number of hydrogen-bond acceptors (Lipinski definition) is 5. The van der Waals surface area contributed by atoms with Crippen molar-refractivity contribution in [2.45, 2.75) is 23.4 Å². The van der Waals surface area contributed by atoms with Crippen molar-refractivity contribution in [3.05, 3.63) is 35.8 Å². The maximum Gasteiger partial charge on any atom is 0.168 e. The third kappa shape index (κ3) is 2.44. The van der Waals surface area contributed by atoms with Crippen LogP contribution in [0.15, 0.2) is 43.3 Å². The molecule has 0 spiro atoms. The summed E-state index contributed by atoms with van der Waals surface area (Å²) in [6.07, 6.45) is 0. The normalized spacial score (nSPS) is 10.8. The van der Waals surface area contributed by atoms with Gasteiger partial charge in [-0.1, -0.05) is 0 Å². The van der Waals surface area contributed by atoms with Gasteiger partial charge in [0.1, 0.15) is 24.7 Å². The lowest BCUT2D eigenvalue weighted by molar-refractivity contribution is 0.235. The molecule has 0 radical (unpaired) electrons. The highest BCUT2D eigenvalue weighted by atomic mass is 32.2. The van der Waals surface area contributed by atoms with E-state index in [1.54, 1.807) is 24.3 Å². The number of rotatable bonds is 4. The minimum absolute atomic E-state index is 0.111. The van der Waals surface area contributed by atoms with Gasteiger partial charge in [0.2, 0.25) is 0 Å². The fourth-order valence-corrected chi connectivity index (χ4v) is 1.86. The summed E-state index contributed by atoms with van der Waals surface area (Å²) in [5.41, 5.74) is 0. The Balaban J connectivity index is 2.07. The molecule has 15 heavy (non-hydrogen) atoms. The van der Waals surface area contributed by atoms with Crippen LogP contribution in [-0.4, -0.2) is 10.2 Å². The molecule has 0 aromatic carbocycles. The highest BCUT2D eigenvalue weighted by Crippen LogP contribution is 2.30. The lowest BCUT2D eigenvalue weighted by Gasteiger charge is -1.92. The molecular weight excluding hydrogens is 216 g/mol. The quantitative estimate of drug-likeness (QED) is 0.834. The molecule has 0 fully saturated rings. The molecule has 2 rings (SSSR count). The summed E-state index contributed by atoms with van der Waals surface area (Å²) in [6.45, 7) is -0.221. The number of aliphatic hydroxyl groups is 2. The largest absolute Gasteiger partial charge is 0.452 e. The highest BCUT2D eigenvalue weighted by molar-refractivity contribution is 7.99. The zero-order chi connectivity index (χ0) is 10.7. The summed E-state index contributed by atoms with van der Waals surface area (Å²) in [4.78, 5) is 0. The van der Waals surface area contributed by atoms with Gasteiger partial charge in [-0.25, -0.2) is 0 Å². The molecule has 4 nitrogen and oxygen atoms in total.